The van der Waals surface area contributed by atoms with Gasteiger partial charge in [0.15, 0.2) is 0 Å². The number of nitrogens with zero attached hydrogens (tertiary/aromatic N) is 2. The quantitative estimate of drug-likeness (QED) is 0.663. The van der Waals surface area contributed by atoms with Gasteiger partial charge in [-0.1, -0.05) is 6.42 Å². The lowest BCUT2D eigenvalue weighted by atomic mass is 9.80. The Balaban J connectivity index is 1.63. The van der Waals surface area contributed by atoms with Crippen molar-refractivity contribution in [1.82, 2.24) is 15.3 Å². The summed E-state index contributed by atoms with van der Waals surface area (Å²) in [6.45, 7) is 0. The predicted octanol–water partition coefficient (Wildman–Crippen LogP) is 3.20. The summed E-state index contributed by atoms with van der Waals surface area (Å²) < 4.78 is 15.5. The van der Waals surface area contributed by atoms with Gasteiger partial charge in [-0.3, -0.25) is 10.1 Å². The standard InChI is InChI=1S/C18H19BrFN5OS/c19-11-7-22-15(23-8-11)16(26)24-12-3-4-14(20)13(6-12)18-5-1-2-10(18)9-27-17(21)25-18/h3-4,6-8,10,17,25H,1-2,5,9,21H2,(H,24,26)/t10-,17?,18-/m0/s1. The minimum Gasteiger partial charge on any atom is -0.319 e. The molecule has 0 radical (unpaired) electrons. The molecule has 4 rings (SSSR count). The lowest BCUT2D eigenvalue weighted by Crippen LogP contribution is -2.57. The van der Waals surface area contributed by atoms with Crippen LogP contribution in [0, 0.1) is 11.7 Å². The number of amides is 1. The second-order valence-corrected chi connectivity index (χ2v) is 8.92. The van der Waals surface area contributed by atoms with Gasteiger partial charge < -0.3 is 11.1 Å². The van der Waals surface area contributed by atoms with E-state index in [-0.39, 0.29) is 17.1 Å². The normalized spacial score (nSPS) is 27.2. The summed E-state index contributed by atoms with van der Waals surface area (Å²) in [5.41, 5.74) is 6.47. The number of rotatable bonds is 3. The number of carbonyl (C=O) groups excluding carboxylic acids is 1. The zero-order valence-electron chi connectivity index (χ0n) is 14.4. The highest BCUT2D eigenvalue weighted by atomic mass is 79.9. The molecule has 4 N–H and O–H groups in total. The molecule has 1 aromatic carbocycles. The molecule has 1 amide bonds. The van der Waals surface area contributed by atoms with Crippen molar-refractivity contribution in [3.05, 3.63) is 52.3 Å². The van der Waals surface area contributed by atoms with Crippen molar-refractivity contribution >= 4 is 39.3 Å². The SMILES string of the molecule is NC1N[C@@]2(c3cc(NC(=O)c4ncc(Br)cn4)ccc3F)CCC[C@H]2CS1. The fourth-order valence-electron chi connectivity index (χ4n) is 4.00. The minimum absolute atomic E-state index is 0.0511. The molecule has 3 atom stereocenters. The van der Waals surface area contributed by atoms with Crippen LogP contribution < -0.4 is 16.4 Å². The van der Waals surface area contributed by atoms with Gasteiger partial charge in [-0.15, -0.1) is 11.8 Å². The molecule has 2 heterocycles. The van der Waals surface area contributed by atoms with E-state index in [1.165, 1.54) is 18.5 Å². The third-order valence-corrected chi connectivity index (χ3v) is 6.71. The second kappa shape index (κ2) is 7.46. The highest BCUT2D eigenvalue weighted by Gasteiger charge is 2.49. The van der Waals surface area contributed by atoms with Crippen molar-refractivity contribution < 1.29 is 9.18 Å². The zero-order chi connectivity index (χ0) is 19.0. The average Bonchev–Trinajstić information content (AvgIpc) is 3.07. The van der Waals surface area contributed by atoms with Crippen LogP contribution in [0.2, 0.25) is 0 Å². The molecular formula is C18H19BrFN5OS. The van der Waals surface area contributed by atoms with Crippen molar-refractivity contribution in [3.63, 3.8) is 0 Å². The van der Waals surface area contributed by atoms with Gasteiger partial charge >= 0.3 is 0 Å². The van der Waals surface area contributed by atoms with Crippen molar-refractivity contribution in [3.8, 4) is 0 Å². The zero-order valence-corrected chi connectivity index (χ0v) is 16.8. The van der Waals surface area contributed by atoms with E-state index >= 15 is 0 Å². The van der Waals surface area contributed by atoms with Crippen LogP contribution in [0.15, 0.2) is 35.1 Å². The van der Waals surface area contributed by atoms with Gasteiger partial charge in [-0.05, 0) is 52.9 Å². The summed E-state index contributed by atoms with van der Waals surface area (Å²) >= 11 is 4.90. The van der Waals surface area contributed by atoms with Gasteiger partial charge in [0, 0.05) is 29.4 Å². The molecule has 2 aliphatic rings. The number of thioether (sulfide) groups is 1. The number of hydrogen-bond donors (Lipinski definition) is 3. The number of nitrogens with two attached hydrogens (primary N) is 1. The van der Waals surface area contributed by atoms with Gasteiger partial charge in [0.05, 0.1) is 10.0 Å². The van der Waals surface area contributed by atoms with E-state index in [2.05, 4.69) is 36.5 Å². The van der Waals surface area contributed by atoms with Crippen LogP contribution in [0.5, 0.6) is 0 Å². The van der Waals surface area contributed by atoms with E-state index in [1.54, 1.807) is 23.9 Å². The van der Waals surface area contributed by atoms with Crippen LogP contribution in [-0.4, -0.2) is 27.1 Å². The molecule has 2 aromatic rings. The molecule has 27 heavy (non-hydrogen) atoms. The average molecular weight is 452 g/mol. The predicted molar refractivity (Wildman–Crippen MR) is 107 cm³/mol. The monoisotopic (exact) mass is 451 g/mol. The van der Waals surface area contributed by atoms with Crippen molar-refractivity contribution in [1.29, 1.82) is 0 Å². The molecule has 2 fully saturated rings. The number of anilines is 1. The molecule has 6 nitrogen and oxygen atoms in total. The van der Waals surface area contributed by atoms with E-state index in [1.807, 2.05) is 0 Å². The largest absolute Gasteiger partial charge is 0.319 e. The summed E-state index contributed by atoms with van der Waals surface area (Å²) in [6, 6.07) is 4.65. The summed E-state index contributed by atoms with van der Waals surface area (Å²) in [4.78, 5) is 20.4. The molecule has 1 saturated carbocycles. The van der Waals surface area contributed by atoms with Crippen LogP contribution in [-0.2, 0) is 5.54 Å². The molecule has 0 spiro atoms. The van der Waals surface area contributed by atoms with Crippen molar-refractivity contribution in [2.45, 2.75) is 30.3 Å². The first-order valence-corrected chi connectivity index (χ1v) is 10.6. The smallest absolute Gasteiger partial charge is 0.293 e. The molecule has 1 aromatic heterocycles. The fraction of sp³-hybridized carbons (Fsp3) is 0.389. The summed E-state index contributed by atoms with van der Waals surface area (Å²) in [5, 5.41) is 6.19. The molecule has 1 aliphatic carbocycles. The molecule has 9 heteroatoms. The van der Waals surface area contributed by atoms with Gasteiger partial charge in [0.1, 0.15) is 11.3 Å². The first-order valence-electron chi connectivity index (χ1n) is 8.72. The molecular weight excluding hydrogens is 433 g/mol. The highest BCUT2D eigenvalue weighted by Crippen LogP contribution is 2.49. The fourth-order valence-corrected chi connectivity index (χ4v) is 5.39. The van der Waals surface area contributed by atoms with Crippen LogP contribution in [0.3, 0.4) is 0 Å². The minimum atomic E-state index is -0.483. The molecule has 142 valence electrons. The highest BCUT2D eigenvalue weighted by molar-refractivity contribution is 9.10. The van der Waals surface area contributed by atoms with Gasteiger partial charge in [-0.2, -0.15) is 0 Å². The van der Waals surface area contributed by atoms with Crippen molar-refractivity contribution in [2.24, 2.45) is 11.7 Å². The molecule has 0 bridgehead atoms. The topological polar surface area (TPSA) is 92.9 Å². The Kier molecular flexibility index (Phi) is 5.19. The van der Waals surface area contributed by atoms with E-state index in [0.29, 0.717) is 21.6 Å². The third kappa shape index (κ3) is 3.61. The Labute approximate surface area is 169 Å². The van der Waals surface area contributed by atoms with E-state index in [0.717, 1.165) is 25.0 Å². The number of fused-ring (bicyclic) bond motifs is 1. The number of halogens is 2. The maximum absolute atomic E-state index is 14.8. The Morgan fingerprint density at radius 3 is 2.96 bits per heavy atom. The maximum Gasteiger partial charge on any atom is 0.293 e. The summed E-state index contributed by atoms with van der Waals surface area (Å²) in [5.74, 6) is 0.542. The molecule has 1 aliphatic heterocycles. The third-order valence-electron chi connectivity index (χ3n) is 5.23. The Bertz CT molecular complexity index is 867. The van der Waals surface area contributed by atoms with Crippen LogP contribution in [0.25, 0.3) is 0 Å². The van der Waals surface area contributed by atoms with E-state index < -0.39 is 11.4 Å². The van der Waals surface area contributed by atoms with Gasteiger partial charge in [0.2, 0.25) is 5.82 Å². The first-order chi connectivity index (χ1) is 13.0. The van der Waals surface area contributed by atoms with Gasteiger partial charge in [0.25, 0.3) is 5.91 Å². The number of hydrogen-bond acceptors (Lipinski definition) is 6. The Hall–Kier alpha value is -1.55. The summed E-state index contributed by atoms with van der Waals surface area (Å²) in [6.07, 6.45) is 5.90. The lowest BCUT2D eigenvalue weighted by Gasteiger charge is -2.43. The Morgan fingerprint density at radius 1 is 1.41 bits per heavy atom. The number of nitrogens with one attached hydrogen (secondary N) is 2. The second-order valence-electron chi connectivity index (χ2n) is 6.83. The summed E-state index contributed by atoms with van der Waals surface area (Å²) in [7, 11) is 0. The molecule has 1 unspecified atom stereocenters. The number of carbonyl (C=O) groups is 1. The van der Waals surface area contributed by atoms with E-state index in [4.69, 9.17) is 5.73 Å². The Morgan fingerprint density at radius 2 is 2.19 bits per heavy atom. The van der Waals surface area contributed by atoms with Crippen LogP contribution >= 0.6 is 27.7 Å². The van der Waals surface area contributed by atoms with Crippen molar-refractivity contribution in [2.75, 3.05) is 11.1 Å². The number of aromatic nitrogens is 2. The number of benzene rings is 1. The van der Waals surface area contributed by atoms with Gasteiger partial charge in [-0.25, -0.2) is 14.4 Å². The van der Waals surface area contributed by atoms with E-state index in [9.17, 15) is 9.18 Å². The first kappa shape index (κ1) is 18.8. The van der Waals surface area contributed by atoms with Crippen LogP contribution in [0.1, 0.15) is 35.4 Å². The molecule has 1 saturated heterocycles. The van der Waals surface area contributed by atoms with Crippen LogP contribution in [0.4, 0.5) is 10.1 Å². The maximum atomic E-state index is 14.8. The lowest BCUT2D eigenvalue weighted by molar-refractivity contribution is 0.101.